The largest absolute Gasteiger partial charge is 0.365 e. The average Bonchev–Trinajstić information content (AvgIpc) is 2.11. The summed E-state index contributed by atoms with van der Waals surface area (Å²) in [4.78, 5) is 0. The molecule has 0 N–H and O–H groups in total. The molecule has 0 aromatic carbocycles. The first-order valence-corrected chi connectivity index (χ1v) is 5.24. The number of rotatable bonds is 6. The van der Waals surface area contributed by atoms with E-state index in [1.54, 1.807) is 14.2 Å². The van der Waals surface area contributed by atoms with Crippen molar-refractivity contribution in [2.45, 2.75) is 31.4 Å². The first-order chi connectivity index (χ1) is 6.02. The highest BCUT2D eigenvalue weighted by Crippen LogP contribution is 2.27. The number of ether oxygens (including phenoxy) is 2. The zero-order valence-electron chi connectivity index (χ0n) is 8.59. The van der Waals surface area contributed by atoms with Gasteiger partial charge >= 0.3 is 0 Å². The Morgan fingerprint density at radius 1 is 1.00 bits per heavy atom. The van der Waals surface area contributed by atoms with Crippen LogP contribution in [0.25, 0.3) is 0 Å². The van der Waals surface area contributed by atoms with Gasteiger partial charge in [0.2, 0.25) is 0 Å². The maximum atomic E-state index is 5.96. The third-order valence-corrected chi connectivity index (χ3v) is 2.87. The summed E-state index contributed by atoms with van der Waals surface area (Å²) in [6, 6.07) is 0. The van der Waals surface area contributed by atoms with Gasteiger partial charge in [0.05, 0.1) is 0 Å². The lowest BCUT2D eigenvalue weighted by Crippen LogP contribution is -2.28. The van der Waals surface area contributed by atoms with Crippen molar-refractivity contribution in [2.75, 3.05) is 14.2 Å². The minimum atomic E-state index is -0.384. The monoisotopic (exact) mass is 228 g/mol. The third kappa shape index (κ3) is 5.06. The second-order valence-corrected chi connectivity index (χ2v) is 4.33. The van der Waals surface area contributed by atoms with Crippen LogP contribution in [0.15, 0.2) is 0 Å². The smallest absolute Gasteiger partial charge is 0.137 e. The maximum absolute atomic E-state index is 5.96. The van der Waals surface area contributed by atoms with Gasteiger partial charge in [-0.2, -0.15) is 0 Å². The van der Waals surface area contributed by atoms with E-state index in [0.29, 0.717) is 5.92 Å². The molecule has 0 rings (SSSR count). The lowest BCUT2D eigenvalue weighted by atomic mass is 9.98. The Morgan fingerprint density at radius 3 is 1.62 bits per heavy atom. The molecule has 2 nitrogen and oxygen atoms in total. The molecule has 4 heteroatoms. The molecular weight excluding hydrogens is 211 g/mol. The molecule has 80 valence electrons. The molecule has 0 spiro atoms. The fraction of sp³-hybridized carbons (Fsp3) is 1.00. The van der Waals surface area contributed by atoms with Gasteiger partial charge in [-0.1, -0.05) is 37.0 Å². The van der Waals surface area contributed by atoms with E-state index < -0.39 is 0 Å². The summed E-state index contributed by atoms with van der Waals surface area (Å²) in [5, 5.41) is 0. The van der Waals surface area contributed by atoms with Crippen molar-refractivity contribution in [2.24, 2.45) is 11.8 Å². The van der Waals surface area contributed by atoms with Gasteiger partial charge in [-0.3, -0.25) is 0 Å². The second-order valence-electron chi connectivity index (χ2n) is 3.47. The van der Waals surface area contributed by atoms with Crippen molar-refractivity contribution in [3.63, 3.8) is 0 Å². The highest BCUT2D eigenvalue weighted by molar-refractivity contribution is 6.22. The van der Waals surface area contributed by atoms with E-state index >= 15 is 0 Å². The van der Waals surface area contributed by atoms with Crippen LogP contribution < -0.4 is 0 Å². The lowest BCUT2D eigenvalue weighted by Gasteiger charge is -2.26. The molecule has 0 aromatic heterocycles. The number of methoxy groups -OCH3 is 2. The average molecular weight is 229 g/mol. The quantitative estimate of drug-likeness (QED) is 0.651. The molecule has 0 heterocycles. The van der Waals surface area contributed by atoms with Gasteiger partial charge in [-0.25, -0.2) is 0 Å². The molecule has 0 radical (unpaired) electrons. The van der Waals surface area contributed by atoms with E-state index in [9.17, 15) is 0 Å². The molecule has 0 fully saturated rings. The zero-order valence-corrected chi connectivity index (χ0v) is 10.1. The molecule has 0 bridgehead atoms. The summed E-state index contributed by atoms with van der Waals surface area (Å²) in [6.07, 6.45) is 0.893. The van der Waals surface area contributed by atoms with Gasteiger partial charge in [0.25, 0.3) is 0 Å². The Morgan fingerprint density at radius 2 is 1.38 bits per heavy atom. The van der Waals surface area contributed by atoms with E-state index in [4.69, 9.17) is 32.7 Å². The van der Waals surface area contributed by atoms with Gasteiger partial charge in [0, 0.05) is 20.1 Å². The first-order valence-electron chi connectivity index (χ1n) is 4.36. The van der Waals surface area contributed by atoms with Crippen LogP contribution in [0.1, 0.15) is 20.3 Å². The van der Waals surface area contributed by atoms with Crippen LogP contribution in [-0.4, -0.2) is 25.3 Å². The molecule has 2 atom stereocenters. The molecule has 0 saturated carbocycles. The van der Waals surface area contributed by atoms with E-state index in [1.807, 2.05) is 0 Å². The third-order valence-electron chi connectivity index (χ3n) is 1.87. The van der Waals surface area contributed by atoms with E-state index in [1.165, 1.54) is 0 Å². The van der Waals surface area contributed by atoms with Crippen molar-refractivity contribution in [3.05, 3.63) is 0 Å². The standard InChI is InChI=1S/C9H18Cl2O2/c1-6(2)5-7(8(10)12-3)9(11)13-4/h6-9H,5H2,1-4H3. The summed E-state index contributed by atoms with van der Waals surface area (Å²) in [5.41, 5.74) is -0.769. The molecule has 0 aliphatic heterocycles. The summed E-state index contributed by atoms with van der Waals surface area (Å²) >= 11 is 11.9. The second kappa shape index (κ2) is 6.88. The normalized spacial score (nSPS) is 18.7. The molecule has 0 aliphatic carbocycles. The zero-order chi connectivity index (χ0) is 10.4. The Balaban J connectivity index is 4.17. The van der Waals surface area contributed by atoms with E-state index in [-0.39, 0.29) is 17.0 Å². The minimum absolute atomic E-state index is 0.0262. The Bertz CT molecular complexity index is 121. The molecule has 2 unspecified atom stereocenters. The predicted molar refractivity (Wildman–Crippen MR) is 56.2 cm³/mol. The van der Waals surface area contributed by atoms with Gasteiger partial charge in [0.1, 0.15) is 11.1 Å². The lowest BCUT2D eigenvalue weighted by molar-refractivity contribution is 0.0311. The SMILES string of the molecule is COC(Cl)C(CC(C)C)C(Cl)OC. The van der Waals surface area contributed by atoms with Gasteiger partial charge < -0.3 is 9.47 Å². The predicted octanol–water partition coefficient (Wildman–Crippen LogP) is 3.07. The fourth-order valence-corrected chi connectivity index (χ4v) is 1.77. The van der Waals surface area contributed by atoms with Crippen molar-refractivity contribution in [3.8, 4) is 0 Å². The number of hydrogen-bond donors (Lipinski definition) is 0. The van der Waals surface area contributed by atoms with Crippen molar-refractivity contribution in [1.29, 1.82) is 0 Å². The van der Waals surface area contributed by atoms with Crippen LogP contribution in [0.2, 0.25) is 0 Å². The Kier molecular flexibility index (Phi) is 7.15. The molecule has 0 aliphatic rings. The van der Waals surface area contributed by atoms with Crippen molar-refractivity contribution in [1.82, 2.24) is 0 Å². The molecule has 0 amide bonds. The number of halogens is 2. The number of hydrogen-bond acceptors (Lipinski definition) is 2. The topological polar surface area (TPSA) is 18.5 Å². The van der Waals surface area contributed by atoms with Crippen LogP contribution in [0, 0.1) is 11.8 Å². The highest BCUT2D eigenvalue weighted by Gasteiger charge is 2.27. The Hall–Kier alpha value is 0.500. The fourth-order valence-electron chi connectivity index (χ4n) is 1.23. The summed E-state index contributed by atoms with van der Waals surface area (Å²) in [5.74, 6) is 0.552. The van der Waals surface area contributed by atoms with Gasteiger partial charge in [-0.05, 0) is 12.3 Å². The van der Waals surface area contributed by atoms with Crippen LogP contribution in [0.4, 0.5) is 0 Å². The molecule has 0 aromatic rings. The van der Waals surface area contributed by atoms with Gasteiger partial charge in [-0.15, -0.1) is 0 Å². The molecular formula is C9H18Cl2O2. The van der Waals surface area contributed by atoms with Crippen molar-refractivity contribution >= 4 is 23.2 Å². The van der Waals surface area contributed by atoms with Gasteiger partial charge in [0.15, 0.2) is 0 Å². The first kappa shape index (κ1) is 13.5. The Labute approximate surface area is 90.5 Å². The van der Waals surface area contributed by atoms with E-state index in [0.717, 1.165) is 6.42 Å². The minimum Gasteiger partial charge on any atom is -0.365 e. The molecule has 0 saturated heterocycles. The number of alkyl halides is 2. The van der Waals surface area contributed by atoms with Crippen LogP contribution in [-0.2, 0) is 9.47 Å². The highest BCUT2D eigenvalue weighted by atomic mass is 35.5. The van der Waals surface area contributed by atoms with Crippen LogP contribution >= 0.6 is 23.2 Å². The summed E-state index contributed by atoms with van der Waals surface area (Å²) in [6.45, 7) is 4.23. The summed E-state index contributed by atoms with van der Waals surface area (Å²) < 4.78 is 10.1. The summed E-state index contributed by atoms with van der Waals surface area (Å²) in [7, 11) is 3.15. The van der Waals surface area contributed by atoms with Crippen molar-refractivity contribution < 1.29 is 9.47 Å². The maximum Gasteiger partial charge on any atom is 0.137 e. The van der Waals surface area contributed by atoms with Crippen LogP contribution in [0.5, 0.6) is 0 Å². The van der Waals surface area contributed by atoms with E-state index in [2.05, 4.69) is 13.8 Å². The van der Waals surface area contributed by atoms with Crippen LogP contribution in [0.3, 0.4) is 0 Å². The molecule has 13 heavy (non-hydrogen) atoms.